The molecule has 0 saturated heterocycles. The maximum atomic E-state index is 2.18. The van der Waals surface area contributed by atoms with E-state index in [1.807, 2.05) is 0 Å². The van der Waals surface area contributed by atoms with Crippen LogP contribution >= 0.6 is 0 Å². The van der Waals surface area contributed by atoms with Gasteiger partial charge in [0.05, 0.1) is 0 Å². The Hall–Kier alpha value is -1.43. The van der Waals surface area contributed by atoms with E-state index in [1.165, 1.54) is 11.1 Å². The van der Waals surface area contributed by atoms with Crippen LogP contribution in [0.15, 0.2) is 54.6 Å². The summed E-state index contributed by atoms with van der Waals surface area (Å²) in [5.41, 5.74) is 2.85. The van der Waals surface area contributed by atoms with Crippen molar-refractivity contribution in [3.63, 3.8) is 0 Å². The van der Waals surface area contributed by atoms with Crippen molar-refractivity contribution < 1.29 is 0 Å². The molecule has 0 amide bonds. The molecule has 0 radical (unpaired) electrons. The minimum absolute atomic E-state index is 1.14. The molecule has 0 atom stereocenters. The first-order chi connectivity index (χ1) is 6.45. The maximum absolute atomic E-state index is 2.18. The molecule has 0 aromatic heterocycles. The van der Waals surface area contributed by atoms with E-state index < -0.39 is 0 Å². The van der Waals surface area contributed by atoms with Gasteiger partial charge in [-0.3, -0.25) is 0 Å². The summed E-state index contributed by atoms with van der Waals surface area (Å²) in [6, 6.07) is 19.2. The first-order valence-corrected chi connectivity index (χ1v) is 4.70. The van der Waals surface area contributed by atoms with Crippen molar-refractivity contribution in [2.45, 2.75) is 12.8 Å². The largest absolute Gasteiger partial charge is 0.211 e. The Labute approximate surface area is 79.2 Å². The molecular weight excluding hydrogens is 156 g/mol. The van der Waals surface area contributed by atoms with Crippen molar-refractivity contribution in [1.29, 1.82) is 0 Å². The summed E-state index contributed by atoms with van der Waals surface area (Å²) >= 11 is 0. The lowest BCUT2D eigenvalue weighted by Gasteiger charge is -2.03. The predicted octanol–water partition coefficient (Wildman–Crippen LogP) is 3.19. The third kappa shape index (κ3) is 2.25. The SMILES string of the molecule is c1ccc(CCc2cc[cH-]c2)cc1. The van der Waals surface area contributed by atoms with E-state index in [9.17, 15) is 0 Å². The van der Waals surface area contributed by atoms with E-state index in [4.69, 9.17) is 0 Å². The van der Waals surface area contributed by atoms with Gasteiger partial charge in [0.25, 0.3) is 0 Å². The van der Waals surface area contributed by atoms with Gasteiger partial charge in [-0.2, -0.15) is 23.8 Å². The Balaban J connectivity index is 1.94. The molecule has 0 aliphatic heterocycles. The van der Waals surface area contributed by atoms with Crippen molar-refractivity contribution in [2.24, 2.45) is 0 Å². The monoisotopic (exact) mass is 169 g/mol. The van der Waals surface area contributed by atoms with Crippen molar-refractivity contribution in [2.75, 3.05) is 0 Å². The van der Waals surface area contributed by atoms with Crippen LogP contribution in [0, 0.1) is 0 Å². The number of benzene rings is 1. The van der Waals surface area contributed by atoms with E-state index in [1.54, 1.807) is 0 Å². The number of hydrogen-bond donors (Lipinski definition) is 0. The summed E-state index contributed by atoms with van der Waals surface area (Å²) in [7, 11) is 0. The number of hydrogen-bond acceptors (Lipinski definition) is 0. The standard InChI is InChI=1S/C13H13/c1-2-6-12(7-3-1)10-11-13-8-4-5-9-13/h1-9H,10-11H2/q-1. The summed E-state index contributed by atoms with van der Waals surface area (Å²) < 4.78 is 0. The highest BCUT2D eigenvalue weighted by Crippen LogP contribution is 2.06. The first kappa shape index (κ1) is 8.18. The molecule has 2 aromatic carbocycles. The Bertz CT molecular complexity index is 329. The topological polar surface area (TPSA) is 0 Å². The number of rotatable bonds is 3. The van der Waals surface area contributed by atoms with Gasteiger partial charge in [-0.25, -0.2) is 6.07 Å². The Kier molecular flexibility index (Phi) is 2.51. The van der Waals surface area contributed by atoms with Gasteiger partial charge < -0.3 is 0 Å². The Morgan fingerprint density at radius 3 is 2.31 bits per heavy atom. The highest BCUT2D eigenvalue weighted by atomic mass is 14.0. The van der Waals surface area contributed by atoms with E-state index >= 15 is 0 Å². The zero-order chi connectivity index (χ0) is 8.93. The molecular formula is C13H13-. The highest BCUT2D eigenvalue weighted by Gasteiger charge is 1.88. The molecule has 2 rings (SSSR count). The highest BCUT2D eigenvalue weighted by molar-refractivity contribution is 5.20. The maximum Gasteiger partial charge on any atom is -0.0353 e. The molecule has 0 heteroatoms. The molecule has 0 nitrogen and oxygen atoms in total. The molecule has 0 N–H and O–H groups in total. The van der Waals surface area contributed by atoms with Gasteiger partial charge >= 0.3 is 0 Å². The molecule has 0 aliphatic carbocycles. The van der Waals surface area contributed by atoms with Crippen molar-refractivity contribution in [3.8, 4) is 0 Å². The van der Waals surface area contributed by atoms with Gasteiger partial charge in [0.2, 0.25) is 0 Å². The van der Waals surface area contributed by atoms with Crippen molar-refractivity contribution >= 4 is 0 Å². The van der Waals surface area contributed by atoms with Crippen LogP contribution in [0.2, 0.25) is 0 Å². The van der Waals surface area contributed by atoms with Gasteiger partial charge in [-0.15, -0.1) is 0 Å². The van der Waals surface area contributed by atoms with E-state index in [2.05, 4.69) is 54.6 Å². The molecule has 66 valence electrons. The third-order valence-electron chi connectivity index (χ3n) is 2.28. The summed E-state index contributed by atoms with van der Waals surface area (Å²) in [6.07, 6.45) is 2.29. The summed E-state index contributed by atoms with van der Waals surface area (Å²) in [6.45, 7) is 0. The normalized spacial score (nSPS) is 10.2. The van der Waals surface area contributed by atoms with Gasteiger partial charge in [-0.05, 0) is 12.0 Å². The molecule has 0 aliphatic rings. The van der Waals surface area contributed by atoms with Crippen LogP contribution in [-0.2, 0) is 12.8 Å². The predicted molar refractivity (Wildman–Crippen MR) is 55.9 cm³/mol. The molecule has 0 fully saturated rings. The fraction of sp³-hybridized carbons (Fsp3) is 0.154. The van der Waals surface area contributed by atoms with Crippen LogP contribution in [-0.4, -0.2) is 0 Å². The molecule has 0 bridgehead atoms. The summed E-state index contributed by atoms with van der Waals surface area (Å²) in [4.78, 5) is 0. The first-order valence-electron chi connectivity index (χ1n) is 4.70. The van der Waals surface area contributed by atoms with Gasteiger partial charge in [0.1, 0.15) is 0 Å². The second-order valence-corrected chi connectivity index (χ2v) is 3.28. The minimum Gasteiger partial charge on any atom is -0.211 e. The molecule has 0 unspecified atom stereocenters. The molecule has 13 heavy (non-hydrogen) atoms. The molecule has 2 aromatic rings. The van der Waals surface area contributed by atoms with E-state index in [0.717, 1.165) is 12.8 Å². The van der Waals surface area contributed by atoms with Gasteiger partial charge in [0.15, 0.2) is 0 Å². The van der Waals surface area contributed by atoms with Crippen LogP contribution < -0.4 is 0 Å². The lowest BCUT2D eigenvalue weighted by molar-refractivity contribution is 0.965. The smallest absolute Gasteiger partial charge is 0.0353 e. The summed E-state index contributed by atoms with van der Waals surface area (Å²) in [5, 5.41) is 0. The van der Waals surface area contributed by atoms with Crippen molar-refractivity contribution in [1.82, 2.24) is 0 Å². The van der Waals surface area contributed by atoms with Gasteiger partial charge in [0, 0.05) is 0 Å². The number of aryl methyl sites for hydroxylation is 2. The zero-order valence-electron chi connectivity index (χ0n) is 7.61. The molecule has 0 heterocycles. The van der Waals surface area contributed by atoms with Crippen LogP contribution in [0.5, 0.6) is 0 Å². The third-order valence-corrected chi connectivity index (χ3v) is 2.28. The van der Waals surface area contributed by atoms with Crippen LogP contribution in [0.3, 0.4) is 0 Å². The lowest BCUT2D eigenvalue weighted by Crippen LogP contribution is -1.88. The van der Waals surface area contributed by atoms with Crippen molar-refractivity contribution in [3.05, 3.63) is 65.7 Å². The zero-order valence-corrected chi connectivity index (χ0v) is 7.61. The van der Waals surface area contributed by atoms with E-state index in [-0.39, 0.29) is 0 Å². The summed E-state index contributed by atoms with van der Waals surface area (Å²) in [5.74, 6) is 0. The second kappa shape index (κ2) is 3.99. The van der Waals surface area contributed by atoms with Crippen LogP contribution in [0.1, 0.15) is 11.1 Å². The fourth-order valence-electron chi connectivity index (χ4n) is 1.51. The van der Waals surface area contributed by atoms with E-state index in [0.29, 0.717) is 0 Å². The lowest BCUT2D eigenvalue weighted by atomic mass is 10.1. The molecule has 0 spiro atoms. The minimum atomic E-state index is 1.14. The van der Waals surface area contributed by atoms with Crippen LogP contribution in [0.4, 0.5) is 0 Å². The molecule has 0 saturated carbocycles. The second-order valence-electron chi connectivity index (χ2n) is 3.28. The Morgan fingerprint density at radius 2 is 1.62 bits per heavy atom. The van der Waals surface area contributed by atoms with Gasteiger partial charge in [-0.1, -0.05) is 36.8 Å². The average molecular weight is 169 g/mol. The fourth-order valence-corrected chi connectivity index (χ4v) is 1.51. The quantitative estimate of drug-likeness (QED) is 0.619. The Morgan fingerprint density at radius 1 is 0.846 bits per heavy atom. The average Bonchev–Trinajstić information content (AvgIpc) is 2.69. The van der Waals surface area contributed by atoms with Crippen LogP contribution in [0.25, 0.3) is 0 Å².